The number of hydrogen-bond acceptors (Lipinski definition) is 1. The molecular formula is C10H19N. The highest BCUT2D eigenvalue weighted by Gasteiger charge is 2.87. The molecule has 0 aromatic carbocycles. The lowest BCUT2D eigenvalue weighted by Crippen LogP contribution is -2.22. The average molecular weight is 153 g/mol. The molecule has 0 radical (unpaired) electrons. The van der Waals surface area contributed by atoms with Gasteiger partial charge in [0.15, 0.2) is 0 Å². The van der Waals surface area contributed by atoms with E-state index in [1.807, 2.05) is 0 Å². The highest BCUT2D eigenvalue weighted by Crippen LogP contribution is 2.87. The van der Waals surface area contributed by atoms with Gasteiger partial charge in [0, 0.05) is 5.54 Å². The van der Waals surface area contributed by atoms with E-state index < -0.39 is 0 Å². The largest absolute Gasteiger partial charge is 0.303 e. The monoisotopic (exact) mass is 153 g/mol. The third kappa shape index (κ3) is 0.618. The van der Waals surface area contributed by atoms with E-state index in [1.54, 1.807) is 0 Å². The van der Waals surface area contributed by atoms with E-state index in [4.69, 9.17) is 0 Å². The molecule has 0 aromatic rings. The maximum atomic E-state index is 2.43. The quantitative estimate of drug-likeness (QED) is 0.558. The molecule has 0 heterocycles. The van der Waals surface area contributed by atoms with Crippen molar-refractivity contribution in [2.24, 2.45) is 10.8 Å². The highest BCUT2D eigenvalue weighted by molar-refractivity contribution is 5.40. The molecular weight excluding hydrogens is 134 g/mol. The standard InChI is InChI=1S/C10H19N/c1-8(2,3)9-6-10(9,7-9)11(4)5/h6-7H2,1-5H3. The van der Waals surface area contributed by atoms with Crippen LogP contribution in [-0.2, 0) is 0 Å². The fraction of sp³-hybridized carbons (Fsp3) is 1.00. The molecule has 0 atom stereocenters. The molecule has 0 amide bonds. The van der Waals surface area contributed by atoms with Crippen molar-refractivity contribution in [3.05, 3.63) is 0 Å². The Labute approximate surface area is 69.8 Å². The molecule has 0 bridgehead atoms. The van der Waals surface area contributed by atoms with Gasteiger partial charge in [-0.25, -0.2) is 0 Å². The molecule has 2 fully saturated rings. The first-order valence-corrected chi connectivity index (χ1v) is 4.53. The number of rotatable bonds is 1. The van der Waals surface area contributed by atoms with Gasteiger partial charge in [-0.2, -0.15) is 0 Å². The van der Waals surface area contributed by atoms with E-state index >= 15 is 0 Å². The third-order valence-electron chi connectivity index (χ3n) is 4.12. The Morgan fingerprint density at radius 2 is 1.55 bits per heavy atom. The molecule has 0 N–H and O–H groups in total. The number of fused-ring (bicyclic) bond motifs is 1. The molecule has 11 heavy (non-hydrogen) atoms. The highest BCUT2D eigenvalue weighted by atomic mass is 15.3. The van der Waals surface area contributed by atoms with Gasteiger partial charge in [0.05, 0.1) is 0 Å². The summed E-state index contributed by atoms with van der Waals surface area (Å²) in [5.41, 5.74) is 1.85. The molecule has 2 rings (SSSR count). The normalized spacial score (nSPS) is 47.5. The fourth-order valence-electron chi connectivity index (χ4n) is 2.83. The van der Waals surface area contributed by atoms with Gasteiger partial charge < -0.3 is 4.90 Å². The Bertz CT molecular complexity index is 191. The zero-order chi connectivity index (χ0) is 8.49. The molecule has 2 aliphatic rings. The second-order valence-electron chi connectivity index (χ2n) is 5.61. The minimum absolute atomic E-state index is 0.525. The second kappa shape index (κ2) is 1.52. The van der Waals surface area contributed by atoms with Crippen LogP contribution in [0, 0.1) is 10.8 Å². The lowest BCUT2D eigenvalue weighted by atomic mass is 9.84. The first-order chi connectivity index (χ1) is 4.86. The summed E-state index contributed by atoms with van der Waals surface area (Å²) >= 11 is 0. The molecule has 2 saturated carbocycles. The molecule has 0 aliphatic heterocycles. The summed E-state index contributed by atoms with van der Waals surface area (Å²) in [6.45, 7) is 7.14. The van der Waals surface area contributed by atoms with Gasteiger partial charge in [0.25, 0.3) is 0 Å². The summed E-state index contributed by atoms with van der Waals surface area (Å²) in [5, 5.41) is 0. The molecule has 0 saturated heterocycles. The van der Waals surface area contributed by atoms with Crippen LogP contribution in [0.1, 0.15) is 33.6 Å². The van der Waals surface area contributed by atoms with Crippen LogP contribution in [0.3, 0.4) is 0 Å². The summed E-state index contributed by atoms with van der Waals surface area (Å²) < 4.78 is 0. The van der Waals surface area contributed by atoms with Gasteiger partial charge in [-0.3, -0.25) is 0 Å². The van der Waals surface area contributed by atoms with E-state index in [-0.39, 0.29) is 0 Å². The van der Waals surface area contributed by atoms with Crippen molar-refractivity contribution in [3.63, 3.8) is 0 Å². The van der Waals surface area contributed by atoms with Crippen molar-refractivity contribution in [2.75, 3.05) is 14.1 Å². The lowest BCUT2D eigenvalue weighted by molar-refractivity contribution is 0.272. The summed E-state index contributed by atoms with van der Waals surface area (Å²) in [4.78, 5) is 2.43. The van der Waals surface area contributed by atoms with Gasteiger partial charge in [-0.15, -0.1) is 0 Å². The number of hydrogen-bond donors (Lipinski definition) is 0. The molecule has 0 aromatic heterocycles. The van der Waals surface area contributed by atoms with E-state index in [9.17, 15) is 0 Å². The van der Waals surface area contributed by atoms with Crippen LogP contribution in [0.25, 0.3) is 0 Å². The Morgan fingerprint density at radius 1 is 1.09 bits per heavy atom. The molecule has 1 nitrogen and oxygen atoms in total. The van der Waals surface area contributed by atoms with Gasteiger partial charge in [0.2, 0.25) is 0 Å². The van der Waals surface area contributed by atoms with E-state index in [2.05, 4.69) is 39.8 Å². The maximum Gasteiger partial charge on any atom is 0.0278 e. The number of nitrogens with zero attached hydrogens (tertiary/aromatic N) is 1. The molecule has 2 aliphatic carbocycles. The van der Waals surface area contributed by atoms with Crippen molar-refractivity contribution in [3.8, 4) is 0 Å². The predicted octanol–water partition coefficient (Wildman–Crippen LogP) is 2.13. The van der Waals surface area contributed by atoms with E-state index in [0.29, 0.717) is 16.4 Å². The Hall–Kier alpha value is -0.0400. The first-order valence-electron chi connectivity index (χ1n) is 4.53. The van der Waals surface area contributed by atoms with E-state index in [0.717, 1.165) is 0 Å². The fourth-order valence-corrected chi connectivity index (χ4v) is 2.83. The average Bonchev–Trinajstić information content (AvgIpc) is 2.36. The van der Waals surface area contributed by atoms with Crippen LogP contribution in [0.5, 0.6) is 0 Å². The van der Waals surface area contributed by atoms with Crippen molar-refractivity contribution >= 4 is 0 Å². The van der Waals surface area contributed by atoms with Crippen molar-refractivity contribution in [1.29, 1.82) is 0 Å². The van der Waals surface area contributed by atoms with Gasteiger partial charge in [-0.1, -0.05) is 20.8 Å². The summed E-state index contributed by atoms with van der Waals surface area (Å²) in [5.74, 6) is 0. The Morgan fingerprint density at radius 3 is 1.64 bits per heavy atom. The van der Waals surface area contributed by atoms with Crippen LogP contribution in [0.15, 0.2) is 0 Å². The lowest BCUT2D eigenvalue weighted by Gasteiger charge is -2.21. The zero-order valence-corrected chi connectivity index (χ0v) is 8.36. The van der Waals surface area contributed by atoms with Crippen LogP contribution >= 0.6 is 0 Å². The minimum Gasteiger partial charge on any atom is -0.303 e. The van der Waals surface area contributed by atoms with Crippen LogP contribution in [0.4, 0.5) is 0 Å². The summed E-state index contributed by atoms with van der Waals surface area (Å²) in [6, 6.07) is 0. The van der Waals surface area contributed by atoms with Crippen LogP contribution in [0.2, 0.25) is 0 Å². The Balaban J connectivity index is 2.15. The van der Waals surface area contributed by atoms with Gasteiger partial charge >= 0.3 is 0 Å². The van der Waals surface area contributed by atoms with Gasteiger partial charge in [-0.05, 0) is 37.8 Å². The first kappa shape index (κ1) is 7.60. The molecule has 64 valence electrons. The third-order valence-corrected chi connectivity index (χ3v) is 4.12. The van der Waals surface area contributed by atoms with Crippen molar-refractivity contribution in [1.82, 2.24) is 4.90 Å². The van der Waals surface area contributed by atoms with Crippen molar-refractivity contribution in [2.45, 2.75) is 39.2 Å². The molecule has 0 spiro atoms. The summed E-state index contributed by atoms with van der Waals surface area (Å²) in [7, 11) is 4.45. The van der Waals surface area contributed by atoms with Crippen molar-refractivity contribution < 1.29 is 0 Å². The Kier molecular flexibility index (Phi) is 1.05. The minimum atomic E-state index is 0.525. The van der Waals surface area contributed by atoms with E-state index in [1.165, 1.54) is 12.8 Å². The molecule has 0 unspecified atom stereocenters. The van der Waals surface area contributed by atoms with Crippen LogP contribution < -0.4 is 0 Å². The van der Waals surface area contributed by atoms with Crippen LogP contribution in [-0.4, -0.2) is 24.5 Å². The zero-order valence-electron chi connectivity index (χ0n) is 8.36. The SMILES string of the molecule is CN(C)C12CC1(C(C)(C)C)C2. The second-order valence-corrected chi connectivity index (χ2v) is 5.61. The smallest absolute Gasteiger partial charge is 0.0278 e. The predicted molar refractivity (Wildman–Crippen MR) is 47.5 cm³/mol. The topological polar surface area (TPSA) is 3.24 Å². The summed E-state index contributed by atoms with van der Waals surface area (Å²) in [6.07, 6.45) is 2.88. The molecule has 1 heteroatoms. The maximum absolute atomic E-state index is 2.43. The van der Waals surface area contributed by atoms with Gasteiger partial charge in [0.1, 0.15) is 0 Å².